The molecule has 0 aromatic rings. The van der Waals surface area contributed by atoms with E-state index in [1.165, 1.54) is 51.7 Å². The number of hydrogen-bond donors (Lipinski definition) is 1. The van der Waals surface area contributed by atoms with Crippen LogP contribution in [0.1, 0.15) is 32.1 Å². The van der Waals surface area contributed by atoms with E-state index < -0.39 is 0 Å². The molecule has 2 N–H and O–H groups in total. The van der Waals surface area contributed by atoms with Crippen molar-refractivity contribution < 1.29 is 4.74 Å². The Morgan fingerprint density at radius 1 is 1.16 bits per heavy atom. The molecule has 0 aromatic carbocycles. The van der Waals surface area contributed by atoms with Gasteiger partial charge in [-0.3, -0.25) is 4.90 Å². The molecule has 4 nitrogen and oxygen atoms in total. The molecule has 0 aromatic heterocycles. The molecule has 4 heteroatoms. The molecule has 1 saturated carbocycles. The Morgan fingerprint density at radius 3 is 2.58 bits per heavy atom. The van der Waals surface area contributed by atoms with Crippen molar-refractivity contribution in [3.8, 4) is 0 Å². The fourth-order valence-corrected chi connectivity index (χ4v) is 3.88. The lowest BCUT2D eigenvalue weighted by Crippen LogP contribution is -2.45. The SMILES string of the molecule is NCC1(CCN2CCC(N3CCOCC3)C2)CCC1. The molecular formula is C15H29N3O. The summed E-state index contributed by atoms with van der Waals surface area (Å²) in [6, 6.07) is 0.777. The largest absolute Gasteiger partial charge is 0.379 e. The zero-order valence-electron chi connectivity index (χ0n) is 12.1. The summed E-state index contributed by atoms with van der Waals surface area (Å²) < 4.78 is 5.45. The molecule has 3 aliphatic rings. The molecular weight excluding hydrogens is 238 g/mol. The van der Waals surface area contributed by atoms with Gasteiger partial charge in [0.05, 0.1) is 13.2 Å². The van der Waals surface area contributed by atoms with Crippen LogP contribution >= 0.6 is 0 Å². The highest BCUT2D eigenvalue weighted by atomic mass is 16.5. The molecule has 19 heavy (non-hydrogen) atoms. The molecule has 0 amide bonds. The molecule has 3 rings (SSSR count). The maximum absolute atomic E-state index is 5.96. The van der Waals surface area contributed by atoms with Crippen molar-refractivity contribution in [1.82, 2.24) is 9.80 Å². The molecule has 0 bridgehead atoms. The van der Waals surface area contributed by atoms with Gasteiger partial charge in [-0.25, -0.2) is 0 Å². The van der Waals surface area contributed by atoms with Crippen LogP contribution in [0, 0.1) is 5.41 Å². The first-order valence-electron chi connectivity index (χ1n) is 8.06. The van der Waals surface area contributed by atoms with Gasteiger partial charge in [-0.05, 0) is 50.7 Å². The number of nitrogens with two attached hydrogens (primary N) is 1. The third-order valence-electron chi connectivity index (χ3n) is 5.62. The minimum Gasteiger partial charge on any atom is -0.379 e. The van der Waals surface area contributed by atoms with Gasteiger partial charge in [-0.1, -0.05) is 6.42 Å². The number of rotatable bonds is 5. The minimum absolute atomic E-state index is 0.511. The molecule has 1 aliphatic carbocycles. The van der Waals surface area contributed by atoms with Crippen LogP contribution in [0.4, 0.5) is 0 Å². The molecule has 0 radical (unpaired) electrons. The first-order valence-corrected chi connectivity index (χ1v) is 8.06. The Balaban J connectivity index is 1.41. The van der Waals surface area contributed by atoms with Crippen molar-refractivity contribution in [3.05, 3.63) is 0 Å². The maximum Gasteiger partial charge on any atom is 0.0594 e. The van der Waals surface area contributed by atoms with E-state index in [0.29, 0.717) is 5.41 Å². The van der Waals surface area contributed by atoms with E-state index in [4.69, 9.17) is 10.5 Å². The van der Waals surface area contributed by atoms with E-state index in [0.717, 1.165) is 38.9 Å². The van der Waals surface area contributed by atoms with Gasteiger partial charge in [0.15, 0.2) is 0 Å². The molecule has 1 atom stereocenters. The van der Waals surface area contributed by atoms with Gasteiger partial charge >= 0.3 is 0 Å². The van der Waals surface area contributed by atoms with Gasteiger partial charge in [0, 0.05) is 25.7 Å². The lowest BCUT2D eigenvalue weighted by Gasteiger charge is -2.42. The second-order valence-corrected chi connectivity index (χ2v) is 6.70. The predicted octanol–water partition coefficient (Wildman–Crippen LogP) is 0.912. The van der Waals surface area contributed by atoms with Gasteiger partial charge in [0.2, 0.25) is 0 Å². The second-order valence-electron chi connectivity index (χ2n) is 6.70. The highest BCUT2D eigenvalue weighted by molar-refractivity contribution is 4.91. The number of hydrogen-bond acceptors (Lipinski definition) is 4. The van der Waals surface area contributed by atoms with E-state index in [-0.39, 0.29) is 0 Å². The fourth-order valence-electron chi connectivity index (χ4n) is 3.88. The van der Waals surface area contributed by atoms with Crippen molar-refractivity contribution in [2.45, 2.75) is 38.1 Å². The van der Waals surface area contributed by atoms with Crippen LogP contribution in [0.5, 0.6) is 0 Å². The summed E-state index contributed by atoms with van der Waals surface area (Å²) in [6.07, 6.45) is 6.79. The number of morpholine rings is 1. The van der Waals surface area contributed by atoms with Crippen molar-refractivity contribution in [3.63, 3.8) is 0 Å². The van der Waals surface area contributed by atoms with Crippen molar-refractivity contribution in [1.29, 1.82) is 0 Å². The minimum atomic E-state index is 0.511. The first-order chi connectivity index (χ1) is 9.31. The average molecular weight is 267 g/mol. The van der Waals surface area contributed by atoms with E-state index in [1.807, 2.05) is 0 Å². The molecule has 3 fully saturated rings. The van der Waals surface area contributed by atoms with Gasteiger partial charge in [0.25, 0.3) is 0 Å². The summed E-state index contributed by atoms with van der Waals surface area (Å²) in [6.45, 7) is 8.81. The Kier molecular flexibility index (Phi) is 4.42. The number of ether oxygens (including phenoxy) is 1. The highest BCUT2D eigenvalue weighted by Crippen LogP contribution is 2.43. The Morgan fingerprint density at radius 2 is 1.95 bits per heavy atom. The van der Waals surface area contributed by atoms with Crippen LogP contribution in [-0.2, 0) is 4.74 Å². The highest BCUT2D eigenvalue weighted by Gasteiger charge is 2.36. The molecule has 2 heterocycles. The van der Waals surface area contributed by atoms with Gasteiger partial charge < -0.3 is 15.4 Å². The van der Waals surface area contributed by atoms with Gasteiger partial charge in [0.1, 0.15) is 0 Å². The standard InChI is InChI=1S/C15H29N3O/c16-13-15(3-1-4-15)5-7-17-6-2-14(12-17)18-8-10-19-11-9-18/h14H,1-13,16H2. The topological polar surface area (TPSA) is 41.7 Å². The second kappa shape index (κ2) is 6.08. The van der Waals surface area contributed by atoms with Gasteiger partial charge in [-0.2, -0.15) is 0 Å². The van der Waals surface area contributed by atoms with Crippen molar-refractivity contribution in [2.75, 3.05) is 52.5 Å². The lowest BCUT2D eigenvalue weighted by molar-refractivity contribution is 0.0179. The third kappa shape index (κ3) is 3.13. The summed E-state index contributed by atoms with van der Waals surface area (Å²) >= 11 is 0. The molecule has 2 aliphatic heterocycles. The Hall–Kier alpha value is -0.160. The zero-order chi connectivity index (χ0) is 13.1. The van der Waals surface area contributed by atoms with E-state index in [2.05, 4.69) is 9.80 Å². The summed E-state index contributed by atoms with van der Waals surface area (Å²) in [4.78, 5) is 5.29. The Labute approximate surface area is 117 Å². The zero-order valence-corrected chi connectivity index (χ0v) is 12.1. The van der Waals surface area contributed by atoms with E-state index in [9.17, 15) is 0 Å². The Bertz CT molecular complexity index is 282. The van der Waals surface area contributed by atoms with Crippen molar-refractivity contribution >= 4 is 0 Å². The molecule has 0 spiro atoms. The molecule has 1 unspecified atom stereocenters. The summed E-state index contributed by atoms with van der Waals surface area (Å²) in [7, 11) is 0. The summed E-state index contributed by atoms with van der Waals surface area (Å²) in [5, 5.41) is 0. The average Bonchev–Trinajstić information content (AvgIpc) is 2.88. The third-order valence-corrected chi connectivity index (χ3v) is 5.62. The summed E-state index contributed by atoms with van der Waals surface area (Å²) in [5.41, 5.74) is 6.47. The first kappa shape index (κ1) is 13.8. The van der Waals surface area contributed by atoms with Crippen LogP contribution in [0.25, 0.3) is 0 Å². The van der Waals surface area contributed by atoms with Crippen LogP contribution in [-0.4, -0.2) is 68.3 Å². The summed E-state index contributed by atoms with van der Waals surface area (Å²) in [5.74, 6) is 0. The van der Waals surface area contributed by atoms with Crippen LogP contribution in [0.3, 0.4) is 0 Å². The maximum atomic E-state index is 5.96. The van der Waals surface area contributed by atoms with Crippen LogP contribution in [0.2, 0.25) is 0 Å². The molecule has 110 valence electrons. The smallest absolute Gasteiger partial charge is 0.0594 e. The number of likely N-dealkylation sites (tertiary alicyclic amines) is 1. The fraction of sp³-hybridized carbons (Fsp3) is 1.00. The lowest BCUT2D eigenvalue weighted by atomic mass is 9.66. The number of nitrogens with zero attached hydrogens (tertiary/aromatic N) is 2. The van der Waals surface area contributed by atoms with Gasteiger partial charge in [-0.15, -0.1) is 0 Å². The van der Waals surface area contributed by atoms with Crippen LogP contribution in [0.15, 0.2) is 0 Å². The normalized spacial score (nSPS) is 32.4. The monoisotopic (exact) mass is 267 g/mol. The van der Waals surface area contributed by atoms with E-state index in [1.54, 1.807) is 0 Å². The predicted molar refractivity (Wildman–Crippen MR) is 77.2 cm³/mol. The quantitative estimate of drug-likeness (QED) is 0.804. The van der Waals surface area contributed by atoms with Crippen LogP contribution < -0.4 is 5.73 Å². The van der Waals surface area contributed by atoms with Crippen molar-refractivity contribution in [2.24, 2.45) is 11.1 Å². The molecule has 2 saturated heterocycles. The van der Waals surface area contributed by atoms with E-state index >= 15 is 0 Å².